The zero-order valence-electron chi connectivity index (χ0n) is 9.72. The molecule has 2 heterocycles. The summed E-state index contributed by atoms with van der Waals surface area (Å²) in [5, 5.41) is 9.02. The normalized spacial score (nSPS) is 21.1. The quantitative estimate of drug-likeness (QED) is 0.779. The summed E-state index contributed by atoms with van der Waals surface area (Å²) >= 11 is 0. The van der Waals surface area contributed by atoms with Gasteiger partial charge in [0.1, 0.15) is 17.6 Å². The number of nitrogens with zero attached hydrogens (tertiary/aromatic N) is 3. The first-order chi connectivity index (χ1) is 8.36. The van der Waals surface area contributed by atoms with Gasteiger partial charge >= 0.3 is 0 Å². The number of nitriles is 1. The van der Waals surface area contributed by atoms with Crippen molar-refractivity contribution < 1.29 is 4.74 Å². The van der Waals surface area contributed by atoms with Crippen LogP contribution in [0.25, 0.3) is 0 Å². The molecular formula is C13H15N3O. The van der Waals surface area contributed by atoms with Gasteiger partial charge in [-0.25, -0.2) is 9.97 Å². The molecule has 3 rings (SSSR count). The third-order valence-electron chi connectivity index (χ3n) is 3.46. The Hall–Kier alpha value is -1.47. The van der Waals surface area contributed by atoms with E-state index in [0.717, 1.165) is 37.6 Å². The van der Waals surface area contributed by atoms with Crippen molar-refractivity contribution in [1.29, 1.82) is 5.26 Å². The van der Waals surface area contributed by atoms with Gasteiger partial charge in [0.05, 0.1) is 0 Å². The Balaban J connectivity index is 1.91. The fourth-order valence-corrected chi connectivity index (χ4v) is 2.27. The van der Waals surface area contributed by atoms with Crippen LogP contribution < -0.4 is 0 Å². The molecule has 1 aliphatic carbocycles. The van der Waals surface area contributed by atoms with Gasteiger partial charge in [-0.3, -0.25) is 0 Å². The van der Waals surface area contributed by atoms with Crippen LogP contribution in [0.3, 0.4) is 0 Å². The molecule has 0 unspecified atom stereocenters. The molecule has 1 aliphatic heterocycles. The lowest BCUT2D eigenvalue weighted by atomic mass is 9.96. The standard InChI is InChI=1S/C13H15N3O/c14-8-11-7-12(9-3-5-17-6-4-9)16-13(15-11)10-1-2-10/h7,9-10H,1-6H2. The summed E-state index contributed by atoms with van der Waals surface area (Å²) in [4.78, 5) is 8.95. The van der Waals surface area contributed by atoms with E-state index in [2.05, 4.69) is 16.0 Å². The summed E-state index contributed by atoms with van der Waals surface area (Å²) in [6.07, 6.45) is 4.35. The topological polar surface area (TPSA) is 58.8 Å². The van der Waals surface area contributed by atoms with Gasteiger partial charge in [0.2, 0.25) is 0 Å². The van der Waals surface area contributed by atoms with Crippen molar-refractivity contribution in [2.24, 2.45) is 0 Å². The third kappa shape index (κ3) is 2.29. The lowest BCUT2D eigenvalue weighted by molar-refractivity contribution is 0.0844. The fraction of sp³-hybridized carbons (Fsp3) is 0.615. The molecule has 0 N–H and O–H groups in total. The highest BCUT2D eigenvalue weighted by atomic mass is 16.5. The van der Waals surface area contributed by atoms with Crippen LogP contribution in [0.4, 0.5) is 0 Å². The molecule has 17 heavy (non-hydrogen) atoms. The first-order valence-electron chi connectivity index (χ1n) is 6.23. The third-order valence-corrected chi connectivity index (χ3v) is 3.46. The van der Waals surface area contributed by atoms with Crippen LogP contribution in [0.2, 0.25) is 0 Å². The SMILES string of the molecule is N#Cc1cc(C2CCOCC2)nc(C2CC2)n1. The second-order valence-corrected chi connectivity index (χ2v) is 4.81. The van der Waals surface area contributed by atoms with E-state index in [1.807, 2.05) is 6.07 Å². The zero-order valence-corrected chi connectivity index (χ0v) is 9.72. The molecule has 4 heteroatoms. The minimum atomic E-state index is 0.441. The summed E-state index contributed by atoms with van der Waals surface area (Å²) in [5.41, 5.74) is 1.56. The predicted octanol–water partition coefficient (Wildman–Crippen LogP) is 2.12. The average molecular weight is 229 g/mol. The second kappa shape index (κ2) is 4.42. The maximum atomic E-state index is 9.02. The monoisotopic (exact) mass is 229 g/mol. The zero-order chi connectivity index (χ0) is 11.7. The molecule has 2 aliphatic rings. The lowest BCUT2D eigenvalue weighted by Gasteiger charge is -2.21. The van der Waals surface area contributed by atoms with E-state index in [-0.39, 0.29) is 0 Å². The van der Waals surface area contributed by atoms with Gasteiger partial charge in [-0.15, -0.1) is 0 Å². The number of hydrogen-bond donors (Lipinski definition) is 0. The summed E-state index contributed by atoms with van der Waals surface area (Å²) < 4.78 is 5.36. The Bertz CT molecular complexity index is 456. The van der Waals surface area contributed by atoms with Gasteiger partial charge in [0, 0.05) is 30.7 Å². The van der Waals surface area contributed by atoms with Crippen molar-refractivity contribution >= 4 is 0 Å². The molecule has 1 saturated heterocycles. The smallest absolute Gasteiger partial charge is 0.144 e. The van der Waals surface area contributed by atoms with Crippen LogP contribution in [-0.2, 0) is 4.74 Å². The minimum absolute atomic E-state index is 0.441. The minimum Gasteiger partial charge on any atom is -0.381 e. The van der Waals surface area contributed by atoms with E-state index in [9.17, 15) is 0 Å². The molecule has 4 nitrogen and oxygen atoms in total. The van der Waals surface area contributed by atoms with Gasteiger partial charge in [0.15, 0.2) is 0 Å². The molecule has 0 aromatic carbocycles. The predicted molar refractivity (Wildman–Crippen MR) is 61.5 cm³/mol. The highest BCUT2D eigenvalue weighted by Crippen LogP contribution is 2.39. The van der Waals surface area contributed by atoms with E-state index >= 15 is 0 Å². The van der Waals surface area contributed by atoms with Crippen molar-refractivity contribution in [3.63, 3.8) is 0 Å². The molecule has 1 saturated carbocycles. The van der Waals surface area contributed by atoms with Crippen LogP contribution in [0.15, 0.2) is 6.07 Å². The molecule has 0 spiro atoms. The fourth-order valence-electron chi connectivity index (χ4n) is 2.27. The van der Waals surface area contributed by atoms with Crippen molar-refractivity contribution in [2.75, 3.05) is 13.2 Å². The van der Waals surface area contributed by atoms with E-state index in [1.165, 1.54) is 12.8 Å². The maximum absolute atomic E-state index is 9.02. The summed E-state index contributed by atoms with van der Waals surface area (Å²) in [6, 6.07) is 4.00. The molecule has 1 aromatic heterocycles. The number of rotatable bonds is 2. The Labute approximate surface area is 101 Å². The van der Waals surface area contributed by atoms with Gasteiger partial charge in [-0.1, -0.05) is 0 Å². The van der Waals surface area contributed by atoms with Crippen molar-refractivity contribution in [2.45, 2.75) is 37.5 Å². The first-order valence-corrected chi connectivity index (χ1v) is 6.23. The molecule has 0 amide bonds. The van der Waals surface area contributed by atoms with Crippen LogP contribution in [-0.4, -0.2) is 23.2 Å². The number of aromatic nitrogens is 2. The second-order valence-electron chi connectivity index (χ2n) is 4.81. The van der Waals surface area contributed by atoms with E-state index in [1.54, 1.807) is 0 Å². The van der Waals surface area contributed by atoms with Gasteiger partial charge in [0.25, 0.3) is 0 Å². The molecule has 0 radical (unpaired) electrons. The first kappa shape index (κ1) is 10.7. The van der Waals surface area contributed by atoms with Crippen molar-refractivity contribution in [1.82, 2.24) is 9.97 Å². The van der Waals surface area contributed by atoms with Crippen LogP contribution in [0, 0.1) is 11.3 Å². The molecule has 0 atom stereocenters. The Kier molecular flexibility index (Phi) is 2.77. The van der Waals surface area contributed by atoms with Gasteiger partial charge in [-0.05, 0) is 31.7 Å². The summed E-state index contributed by atoms with van der Waals surface area (Å²) in [5.74, 6) is 1.82. The van der Waals surface area contributed by atoms with Crippen LogP contribution in [0.5, 0.6) is 0 Å². The molecule has 88 valence electrons. The van der Waals surface area contributed by atoms with Crippen LogP contribution >= 0.6 is 0 Å². The van der Waals surface area contributed by atoms with Crippen LogP contribution in [0.1, 0.15) is 54.7 Å². The largest absolute Gasteiger partial charge is 0.381 e. The molecule has 2 fully saturated rings. The summed E-state index contributed by atoms with van der Waals surface area (Å²) in [6.45, 7) is 1.60. The average Bonchev–Trinajstić information content (AvgIpc) is 3.23. The Morgan fingerprint density at radius 3 is 2.53 bits per heavy atom. The Morgan fingerprint density at radius 2 is 1.88 bits per heavy atom. The molecule has 0 bridgehead atoms. The lowest BCUT2D eigenvalue weighted by Crippen LogP contribution is -2.16. The highest BCUT2D eigenvalue weighted by molar-refractivity contribution is 5.27. The highest BCUT2D eigenvalue weighted by Gasteiger charge is 2.28. The van der Waals surface area contributed by atoms with E-state index < -0.39 is 0 Å². The van der Waals surface area contributed by atoms with Gasteiger partial charge < -0.3 is 4.74 Å². The number of ether oxygens (including phenoxy) is 1. The van der Waals surface area contributed by atoms with E-state index in [0.29, 0.717) is 17.5 Å². The summed E-state index contributed by atoms with van der Waals surface area (Å²) in [7, 11) is 0. The molecular weight excluding hydrogens is 214 g/mol. The maximum Gasteiger partial charge on any atom is 0.144 e. The number of hydrogen-bond acceptors (Lipinski definition) is 4. The van der Waals surface area contributed by atoms with Gasteiger partial charge in [-0.2, -0.15) is 5.26 Å². The van der Waals surface area contributed by atoms with E-state index in [4.69, 9.17) is 10.00 Å². The van der Waals surface area contributed by atoms with Crippen molar-refractivity contribution in [3.8, 4) is 6.07 Å². The molecule has 1 aromatic rings. The Morgan fingerprint density at radius 1 is 1.12 bits per heavy atom. The van der Waals surface area contributed by atoms with Crippen molar-refractivity contribution in [3.05, 3.63) is 23.3 Å².